The second-order valence-corrected chi connectivity index (χ2v) is 6.05. The number of aromatic nitrogens is 4. The molecule has 7 heteroatoms. The Morgan fingerprint density at radius 1 is 1.50 bits per heavy atom. The Morgan fingerprint density at radius 3 is 3.14 bits per heavy atom. The summed E-state index contributed by atoms with van der Waals surface area (Å²) in [6.07, 6.45) is 2.92. The molecule has 7 nitrogen and oxygen atoms in total. The van der Waals surface area contributed by atoms with Gasteiger partial charge in [-0.05, 0) is 12.3 Å². The van der Waals surface area contributed by atoms with Gasteiger partial charge in [0.15, 0.2) is 0 Å². The first kappa shape index (κ1) is 15.2. The van der Waals surface area contributed by atoms with Crippen molar-refractivity contribution in [3.63, 3.8) is 0 Å². The van der Waals surface area contributed by atoms with Crippen molar-refractivity contribution in [1.29, 1.82) is 0 Å². The lowest BCUT2D eigenvalue weighted by Crippen LogP contribution is -2.28. The minimum Gasteiger partial charge on any atom is -0.378 e. The largest absolute Gasteiger partial charge is 0.378 e. The monoisotopic (exact) mass is 305 g/mol. The van der Waals surface area contributed by atoms with Crippen molar-refractivity contribution in [3.8, 4) is 0 Å². The topological polar surface area (TPSA) is 73.6 Å². The molecule has 0 unspecified atom stereocenters. The van der Waals surface area contributed by atoms with E-state index in [-0.39, 0.29) is 0 Å². The lowest BCUT2D eigenvalue weighted by molar-refractivity contribution is 0.0566. The van der Waals surface area contributed by atoms with Crippen LogP contribution in [0.4, 0.5) is 5.82 Å². The van der Waals surface area contributed by atoms with Gasteiger partial charge in [0.25, 0.3) is 5.78 Å². The minimum absolute atomic E-state index is 0.319. The summed E-state index contributed by atoms with van der Waals surface area (Å²) in [4.78, 5) is 8.57. The predicted octanol–water partition coefficient (Wildman–Crippen LogP) is 1.74. The summed E-state index contributed by atoms with van der Waals surface area (Å²) in [6, 6.07) is 1.96. The first-order valence-electron chi connectivity index (χ1n) is 7.73. The van der Waals surface area contributed by atoms with Crippen LogP contribution in [0, 0.1) is 11.8 Å². The molecule has 0 aromatic carbocycles. The van der Waals surface area contributed by atoms with Crippen LogP contribution < -0.4 is 5.32 Å². The van der Waals surface area contributed by atoms with Gasteiger partial charge in [-0.1, -0.05) is 13.8 Å². The van der Waals surface area contributed by atoms with Gasteiger partial charge in [-0.25, -0.2) is 4.98 Å². The van der Waals surface area contributed by atoms with Gasteiger partial charge in [0, 0.05) is 32.2 Å². The molecule has 1 saturated heterocycles. The number of nitrogens with one attached hydrogen (secondary N) is 1. The van der Waals surface area contributed by atoms with Crippen LogP contribution in [0.3, 0.4) is 0 Å². The van der Waals surface area contributed by atoms with Gasteiger partial charge in [0.1, 0.15) is 12.1 Å². The molecule has 0 bridgehead atoms. The molecule has 1 fully saturated rings. The number of fused-ring (bicyclic) bond motifs is 1. The summed E-state index contributed by atoms with van der Waals surface area (Å²) in [5.74, 6) is 2.52. The van der Waals surface area contributed by atoms with E-state index in [1.807, 2.05) is 6.07 Å². The fraction of sp³-hybridized carbons (Fsp3) is 0.667. The maximum Gasteiger partial charge on any atom is 0.254 e. The molecular weight excluding hydrogens is 282 g/mol. The highest BCUT2D eigenvalue weighted by atomic mass is 16.5. The van der Waals surface area contributed by atoms with Crippen LogP contribution in [0.1, 0.15) is 26.0 Å². The molecule has 3 rings (SSSR count). The third kappa shape index (κ3) is 3.05. The number of hydrogen-bond donors (Lipinski definition) is 1. The number of hydrogen-bond acceptors (Lipinski definition) is 6. The van der Waals surface area contributed by atoms with E-state index >= 15 is 0 Å². The van der Waals surface area contributed by atoms with Gasteiger partial charge in [0.2, 0.25) is 0 Å². The molecule has 22 heavy (non-hydrogen) atoms. The second-order valence-electron chi connectivity index (χ2n) is 6.05. The third-order valence-corrected chi connectivity index (χ3v) is 4.06. The number of ether oxygens (including phenoxy) is 2. The fourth-order valence-corrected chi connectivity index (χ4v) is 3.06. The summed E-state index contributed by atoms with van der Waals surface area (Å²) in [5.41, 5.74) is 0.841. The quantitative estimate of drug-likeness (QED) is 0.876. The molecule has 0 spiro atoms. The van der Waals surface area contributed by atoms with E-state index in [1.54, 1.807) is 11.6 Å². The van der Waals surface area contributed by atoms with Crippen LogP contribution in [-0.2, 0) is 16.1 Å². The SMILES string of the molecule is COCc1cc(NC[C@H]2CCO[C@@H]2C(C)C)n2ncnc2n1. The normalized spacial score (nSPS) is 21.8. The van der Waals surface area contributed by atoms with Gasteiger partial charge in [-0.15, -0.1) is 0 Å². The average Bonchev–Trinajstić information content (AvgIpc) is 3.13. The Balaban J connectivity index is 1.76. The van der Waals surface area contributed by atoms with E-state index in [0.29, 0.717) is 30.3 Å². The number of rotatable bonds is 6. The molecule has 2 aromatic rings. The standard InChI is InChI=1S/C15H23N5O2/c1-10(2)14-11(4-5-22-14)7-16-13-6-12(8-21-3)19-15-17-9-18-20(13)15/h6,9-11,14,16H,4-5,7-8H2,1-3H3/t11-,14-/m1/s1. The zero-order valence-corrected chi connectivity index (χ0v) is 13.3. The van der Waals surface area contributed by atoms with Gasteiger partial charge >= 0.3 is 0 Å². The maximum absolute atomic E-state index is 5.84. The van der Waals surface area contributed by atoms with Crippen molar-refractivity contribution < 1.29 is 9.47 Å². The fourth-order valence-electron chi connectivity index (χ4n) is 3.06. The van der Waals surface area contributed by atoms with Crippen LogP contribution in [0.15, 0.2) is 12.4 Å². The van der Waals surface area contributed by atoms with Crippen LogP contribution in [0.2, 0.25) is 0 Å². The van der Waals surface area contributed by atoms with Crippen LogP contribution in [0.25, 0.3) is 5.78 Å². The summed E-state index contributed by atoms with van der Waals surface area (Å²) in [6.45, 7) is 6.58. The zero-order chi connectivity index (χ0) is 15.5. The highest BCUT2D eigenvalue weighted by molar-refractivity contribution is 5.44. The Kier molecular flexibility index (Phi) is 4.54. The van der Waals surface area contributed by atoms with Crippen molar-refractivity contribution in [1.82, 2.24) is 19.6 Å². The van der Waals surface area contributed by atoms with Crippen LogP contribution in [0.5, 0.6) is 0 Å². The van der Waals surface area contributed by atoms with E-state index in [4.69, 9.17) is 9.47 Å². The van der Waals surface area contributed by atoms with Crippen molar-refractivity contribution in [3.05, 3.63) is 18.1 Å². The van der Waals surface area contributed by atoms with E-state index in [2.05, 4.69) is 34.2 Å². The predicted molar refractivity (Wildman–Crippen MR) is 82.7 cm³/mol. The first-order valence-corrected chi connectivity index (χ1v) is 7.73. The highest BCUT2D eigenvalue weighted by Gasteiger charge is 2.30. The van der Waals surface area contributed by atoms with Crippen molar-refractivity contribution in [2.45, 2.75) is 33.0 Å². The van der Waals surface area contributed by atoms with Crippen LogP contribution >= 0.6 is 0 Å². The molecule has 1 aliphatic rings. The highest BCUT2D eigenvalue weighted by Crippen LogP contribution is 2.27. The molecule has 2 aromatic heterocycles. The van der Waals surface area contributed by atoms with Gasteiger partial charge in [0.05, 0.1) is 18.4 Å². The summed E-state index contributed by atoms with van der Waals surface area (Å²) >= 11 is 0. The third-order valence-electron chi connectivity index (χ3n) is 4.06. The molecule has 1 aliphatic heterocycles. The lowest BCUT2D eigenvalue weighted by Gasteiger charge is -2.22. The zero-order valence-electron chi connectivity index (χ0n) is 13.3. The van der Waals surface area contributed by atoms with E-state index < -0.39 is 0 Å². The molecule has 2 atom stereocenters. The van der Waals surface area contributed by atoms with Crippen molar-refractivity contribution >= 4 is 11.6 Å². The maximum atomic E-state index is 5.84. The Bertz CT molecular complexity index is 627. The number of methoxy groups -OCH3 is 1. The molecule has 3 heterocycles. The van der Waals surface area contributed by atoms with E-state index in [9.17, 15) is 0 Å². The average molecular weight is 305 g/mol. The summed E-state index contributed by atoms with van der Waals surface area (Å²) < 4.78 is 12.7. The Labute approximate surface area is 130 Å². The van der Waals surface area contributed by atoms with E-state index in [1.165, 1.54) is 6.33 Å². The summed E-state index contributed by atoms with van der Waals surface area (Å²) in [7, 11) is 1.66. The molecule has 0 radical (unpaired) electrons. The smallest absolute Gasteiger partial charge is 0.254 e. The summed E-state index contributed by atoms with van der Waals surface area (Å²) in [5, 5.41) is 7.71. The molecular formula is C15H23N5O2. The Morgan fingerprint density at radius 2 is 2.36 bits per heavy atom. The first-order chi connectivity index (χ1) is 10.7. The molecule has 0 amide bonds. The van der Waals surface area contributed by atoms with Crippen LogP contribution in [-0.4, -0.2) is 45.9 Å². The van der Waals surface area contributed by atoms with Crippen molar-refractivity contribution in [2.24, 2.45) is 11.8 Å². The van der Waals surface area contributed by atoms with Gasteiger partial charge in [-0.2, -0.15) is 14.6 Å². The second kappa shape index (κ2) is 6.58. The molecule has 120 valence electrons. The van der Waals surface area contributed by atoms with Crippen molar-refractivity contribution in [2.75, 3.05) is 25.6 Å². The lowest BCUT2D eigenvalue weighted by atomic mass is 9.93. The number of nitrogens with zero attached hydrogens (tertiary/aromatic N) is 4. The molecule has 1 N–H and O–H groups in total. The molecule has 0 saturated carbocycles. The minimum atomic E-state index is 0.319. The molecule has 0 aliphatic carbocycles. The number of anilines is 1. The van der Waals surface area contributed by atoms with E-state index in [0.717, 1.165) is 31.1 Å². The van der Waals surface area contributed by atoms with Gasteiger partial charge in [-0.3, -0.25) is 0 Å². The van der Waals surface area contributed by atoms with Gasteiger partial charge < -0.3 is 14.8 Å². The Hall–Kier alpha value is -1.73.